The Morgan fingerprint density at radius 2 is 1.62 bits per heavy atom. The van der Waals surface area contributed by atoms with Crippen LogP contribution in [-0.2, 0) is 14.3 Å². The Morgan fingerprint density at radius 3 is 2.24 bits per heavy atom. The molecule has 3 N–H and O–H groups in total. The van der Waals surface area contributed by atoms with Crippen molar-refractivity contribution in [3.05, 3.63) is 71.9 Å². The molecule has 2 amide bonds. The predicted octanol–water partition coefficient (Wildman–Crippen LogP) is 5.08. The molecule has 0 saturated heterocycles. The largest absolute Gasteiger partial charge is 0.447 e. The van der Waals surface area contributed by atoms with E-state index in [-0.39, 0.29) is 37.1 Å². The molecule has 0 bridgehead atoms. The third-order valence-electron chi connectivity index (χ3n) is 9.07. The first-order valence-corrected chi connectivity index (χ1v) is 14.7. The van der Waals surface area contributed by atoms with Crippen molar-refractivity contribution < 1.29 is 28.6 Å². The average molecular weight is 575 g/mol. The lowest BCUT2D eigenvalue weighted by molar-refractivity contribution is -0.136. The summed E-state index contributed by atoms with van der Waals surface area (Å²) < 4.78 is 21.3. The van der Waals surface area contributed by atoms with Gasteiger partial charge in [0.25, 0.3) is 5.91 Å². The maximum Gasteiger partial charge on any atom is 0.434 e. The van der Waals surface area contributed by atoms with Gasteiger partial charge in [0.1, 0.15) is 12.3 Å². The average Bonchev–Trinajstić information content (AvgIpc) is 3.70. The molecule has 0 spiro atoms. The molecule has 6 rings (SSSR count). The molecule has 3 aliphatic carbocycles. The van der Waals surface area contributed by atoms with Gasteiger partial charge in [-0.3, -0.25) is 9.59 Å². The van der Waals surface area contributed by atoms with Crippen molar-refractivity contribution in [3.63, 3.8) is 0 Å². The standard InChI is InChI=1S/C32H35FN4O5/c33-31(14-5-6-15-31)18-12-27(38)35-32(16-7-17-32)28(39)29(40)34-26-13-19-37(36-26)30(41)42-20-25-23-10-3-1-8-21(23)22-9-2-4-11-24(22)25/h1-4,8-11,13,19,25,28,39H,5-7,12,14-18,20H2,(H,35,38)(H,34,36,40). The lowest BCUT2D eigenvalue weighted by Crippen LogP contribution is -2.64. The topological polar surface area (TPSA) is 123 Å². The second-order valence-electron chi connectivity index (χ2n) is 11.8. The van der Waals surface area contributed by atoms with E-state index >= 15 is 0 Å². The smallest absolute Gasteiger partial charge is 0.434 e. The number of aliphatic hydroxyl groups is 1. The van der Waals surface area contributed by atoms with E-state index in [9.17, 15) is 23.9 Å². The number of anilines is 1. The number of benzene rings is 2. The molecule has 220 valence electrons. The molecule has 2 fully saturated rings. The summed E-state index contributed by atoms with van der Waals surface area (Å²) in [4.78, 5) is 38.4. The molecule has 0 radical (unpaired) electrons. The van der Waals surface area contributed by atoms with E-state index in [1.54, 1.807) is 0 Å². The lowest BCUT2D eigenvalue weighted by Gasteiger charge is -2.45. The van der Waals surface area contributed by atoms with Crippen molar-refractivity contribution in [2.45, 2.75) is 81.0 Å². The van der Waals surface area contributed by atoms with Gasteiger partial charge in [0.05, 0.1) is 5.54 Å². The second-order valence-corrected chi connectivity index (χ2v) is 11.8. The van der Waals surface area contributed by atoms with Crippen LogP contribution >= 0.6 is 0 Å². The summed E-state index contributed by atoms with van der Waals surface area (Å²) in [6.07, 6.45) is 3.51. The zero-order valence-electron chi connectivity index (χ0n) is 23.4. The SMILES string of the molecule is O=C(CCC1(F)CCCC1)NC1(C(O)C(=O)Nc2ccn(C(=O)OCC3c4ccccc4-c4ccccc43)n2)CCC1. The first kappa shape index (κ1) is 28.1. The molecule has 0 aliphatic heterocycles. The highest BCUT2D eigenvalue weighted by molar-refractivity contribution is 5.95. The summed E-state index contributed by atoms with van der Waals surface area (Å²) in [6.45, 7) is 0.124. The van der Waals surface area contributed by atoms with Gasteiger partial charge in [0.15, 0.2) is 11.9 Å². The number of amides is 2. The van der Waals surface area contributed by atoms with Gasteiger partial charge in [0.2, 0.25) is 5.91 Å². The van der Waals surface area contributed by atoms with Crippen LogP contribution in [0.1, 0.15) is 74.8 Å². The fourth-order valence-corrected chi connectivity index (χ4v) is 6.56. The number of aliphatic hydroxyl groups excluding tert-OH is 1. The number of ether oxygens (including phenoxy) is 1. The van der Waals surface area contributed by atoms with Crippen molar-refractivity contribution in [1.82, 2.24) is 15.1 Å². The van der Waals surface area contributed by atoms with Gasteiger partial charge in [-0.15, -0.1) is 5.10 Å². The molecule has 9 nitrogen and oxygen atoms in total. The molecule has 2 saturated carbocycles. The van der Waals surface area contributed by atoms with E-state index in [1.807, 2.05) is 36.4 Å². The molecule has 3 aliphatic rings. The van der Waals surface area contributed by atoms with Gasteiger partial charge in [0, 0.05) is 24.6 Å². The highest BCUT2D eigenvalue weighted by atomic mass is 19.1. The number of rotatable bonds is 9. The van der Waals surface area contributed by atoms with Crippen LogP contribution in [0.2, 0.25) is 0 Å². The zero-order valence-corrected chi connectivity index (χ0v) is 23.4. The molecular weight excluding hydrogens is 539 g/mol. The van der Waals surface area contributed by atoms with Gasteiger partial charge in [-0.1, -0.05) is 61.4 Å². The van der Waals surface area contributed by atoms with Crippen LogP contribution in [0, 0.1) is 0 Å². The third-order valence-corrected chi connectivity index (χ3v) is 9.07. The van der Waals surface area contributed by atoms with E-state index in [2.05, 4.69) is 27.9 Å². The van der Waals surface area contributed by atoms with Gasteiger partial charge in [-0.2, -0.15) is 4.68 Å². The zero-order chi connectivity index (χ0) is 29.3. The Kier molecular flexibility index (Phi) is 7.57. The number of aromatic nitrogens is 2. The third kappa shape index (κ3) is 5.43. The summed E-state index contributed by atoms with van der Waals surface area (Å²) in [7, 11) is 0. The molecule has 1 heterocycles. The van der Waals surface area contributed by atoms with Gasteiger partial charge < -0.3 is 20.5 Å². The highest BCUT2D eigenvalue weighted by Crippen LogP contribution is 2.44. The number of halogens is 1. The Morgan fingerprint density at radius 1 is 0.976 bits per heavy atom. The second kappa shape index (κ2) is 11.3. The van der Waals surface area contributed by atoms with Gasteiger partial charge >= 0.3 is 6.09 Å². The molecule has 3 aromatic rings. The normalized spacial score (nSPS) is 18.8. The van der Waals surface area contributed by atoms with Crippen molar-refractivity contribution in [2.75, 3.05) is 11.9 Å². The Labute approximate surface area is 243 Å². The van der Waals surface area contributed by atoms with Crippen molar-refractivity contribution >= 4 is 23.7 Å². The minimum Gasteiger partial charge on any atom is -0.447 e. The van der Waals surface area contributed by atoms with E-state index in [1.165, 1.54) is 12.3 Å². The molecule has 1 aromatic heterocycles. The summed E-state index contributed by atoms with van der Waals surface area (Å²) in [5.74, 6) is -1.15. The fourth-order valence-electron chi connectivity index (χ4n) is 6.56. The molecule has 2 aromatic carbocycles. The van der Waals surface area contributed by atoms with Crippen LogP contribution in [0.25, 0.3) is 11.1 Å². The van der Waals surface area contributed by atoms with Crippen LogP contribution in [0.15, 0.2) is 60.8 Å². The Bertz CT molecular complexity index is 1450. The van der Waals surface area contributed by atoms with Crippen molar-refractivity contribution in [1.29, 1.82) is 0 Å². The number of hydrogen-bond donors (Lipinski definition) is 3. The number of alkyl halides is 1. The van der Waals surface area contributed by atoms with Crippen LogP contribution in [0.3, 0.4) is 0 Å². The number of carbonyl (C=O) groups is 3. The summed E-state index contributed by atoms with van der Waals surface area (Å²) in [5, 5.41) is 20.3. The number of hydrogen-bond acceptors (Lipinski definition) is 6. The molecule has 1 atom stereocenters. The van der Waals surface area contributed by atoms with E-state index in [0.29, 0.717) is 25.7 Å². The first-order valence-electron chi connectivity index (χ1n) is 14.7. The van der Waals surface area contributed by atoms with E-state index < -0.39 is 29.3 Å². The number of carbonyl (C=O) groups excluding carboxylic acids is 3. The van der Waals surface area contributed by atoms with Gasteiger partial charge in [-0.25, -0.2) is 9.18 Å². The summed E-state index contributed by atoms with van der Waals surface area (Å²) >= 11 is 0. The van der Waals surface area contributed by atoms with Gasteiger partial charge in [-0.05, 0) is 60.8 Å². The molecule has 10 heteroatoms. The minimum absolute atomic E-state index is 0.0110. The Hall–Kier alpha value is -4.05. The van der Waals surface area contributed by atoms with Crippen molar-refractivity contribution in [3.8, 4) is 11.1 Å². The minimum atomic E-state index is -1.53. The maximum absolute atomic E-state index is 14.7. The van der Waals surface area contributed by atoms with E-state index in [0.717, 1.165) is 46.2 Å². The lowest BCUT2D eigenvalue weighted by atomic mass is 9.72. The molecule has 1 unspecified atom stereocenters. The maximum atomic E-state index is 14.7. The predicted molar refractivity (Wildman–Crippen MR) is 154 cm³/mol. The number of fused-ring (bicyclic) bond motifs is 3. The van der Waals surface area contributed by atoms with Crippen LogP contribution in [-0.4, -0.2) is 56.7 Å². The summed E-state index contributed by atoms with van der Waals surface area (Å²) in [5.41, 5.74) is 2.03. The number of nitrogens with zero attached hydrogens (tertiary/aromatic N) is 2. The highest BCUT2D eigenvalue weighted by Gasteiger charge is 2.48. The quantitative estimate of drug-likeness (QED) is 0.328. The van der Waals surface area contributed by atoms with Crippen LogP contribution in [0.5, 0.6) is 0 Å². The van der Waals surface area contributed by atoms with E-state index in [4.69, 9.17) is 4.74 Å². The Balaban J connectivity index is 1.04. The molecule has 42 heavy (non-hydrogen) atoms. The van der Waals surface area contributed by atoms with Crippen molar-refractivity contribution in [2.24, 2.45) is 0 Å². The van der Waals surface area contributed by atoms with Crippen LogP contribution < -0.4 is 10.6 Å². The first-order chi connectivity index (χ1) is 20.3. The fraction of sp³-hybridized carbons (Fsp3) is 0.438. The summed E-state index contributed by atoms with van der Waals surface area (Å²) in [6, 6.07) is 17.5. The monoisotopic (exact) mass is 574 g/mol. The van der Waals surface area contributed by atoms with Crippen LogP contribution in [0.4, 0.5) is 15.0 Å². The molecular formula is C32H35FN4O5. The number of nitrogens with one attached hydrogen (secondary N) is 2.